The Kier molecular flexibility index (Phi) is 17.0. The highest BCUT2D eigenvalue weighted by atomic mass is 14.0. The Bertz CT molecular complexity index is 190. The fraction of sp³-hybridized carbons (Fsp3) is 0.789. The summed E-state index contributed by atoms with van der Waals surface area (Å²) in [5.74, 6) is 0. The molecule has 0 aliphatic rings. The zero-order valence-electron chi connectivity index (χ0n) is 13.3. The molecule has 0 fully saturated rings. The van der Waals surface area contributed by atoms with Crippen molar-refractivity contribution in [3.8, 4) is 0 Å². The van der Waals surface area contributed by atoms with Gasteiger partial charge in [-0.15, -0.1) is 6.58 Å². The lowest BCUT2D eigenvalue weighted by Gasteiger charge is -1.99. The molecule has 0 heteroatoms. The van der Waals surface area contributed by atoms with Gasteiger partial charge in [0.05, 0.1) is 0 Å². The van der Waals surface area contributed by atoms with Crippen LogP contribution in [0.1, 0.15) is 96.8 Å². The van der Waals surface area contributed by atoms with Crippen molar-refractivity contribution in [3.63, 3.8) is 0 Å². The number of rotatable bonds is 15. The molecular formula is C19H36. The van der Waals surface area contributed by atoms with E-state index in [0.717, 1.165) is 0 Å². The summed E-state index contributed by atoms with van der Waals surface area (Å²) >= 11 is 0. The van der Waals surface area contributed by atoms with Crippen molar-refractivity contribution in [2.24, 2.45) is 0 Å². The highest BCUT2D eigenvalue weighted by Gasteiger charge is 1.90. The van der Waals surface area contributed by atoms with Gasteiger partial charge >= 0.3 is 0 Å². The third kappa shape index (κ3) is 17.5. The summed E-state index contributed by atoms with van der Waals surface area (Å²) in [5.41, 5.74) is 0. The number of unbranched alkanes of at least 4 members (excludes halogenated alkanes) is 12. The fourth-order valence-electron chi connectivity index (χ4n) is 2.36. The van der Waals surface area contributed by atoms with Crippen molar-refractivity contribution >= 4 is 0 Å². The van der Waals surface area contributed by atoms with Gasteiger partial charge in [0.25, 0.3) is 0 Å². The van der Waals surface area contributed by atoms with E-state index in [1.54, 1.807) is 0 Å². The van der Waals surface area contributed by atoms with Crippen molar-refractivity contribution in [3.05, 3.63) is 24.8 Å². The summed E-state index contributed by atoms with van der Waals surface area (Å²) in [4.78, 5) is 0. The van der Waals surface area contributed by atoms with E-state index in [1.165, 1.54) is 89.9 Å². The van der Waals surface area contributed by atoms with Crippen molar-refractivity contribution in [1.82, 2.24) is 0 Å². The molecule has 0 heterocycles. The Morgan fingerprint density at radius 1 is 0.579 bits per heavy atom. The number of allylic oxidation sites excluding steroid dienone is 3. The second-order valence-electron chi connectivity index (χ2n) is 5.66. The van der Waals surface area contributed by atoms with Crippen LogP contribution in [0.3, 0.4) is 0 Å². The summed E-state index contributed by atoms with van der Waals surface area (Å²) < 4.78 is 0. The molecule has 0 aromatic rings. The van der Waals surface area contributed by atoms with Gasteiger partial charge in [0.1, 0.15) is 0 Å². The molecule has 0 saturated carbocycles. The van der Waals surface area contributed by atoms with E-state index >= 15 is 0 Å². The first-order valence-corrected chi connectivity index (χ1v) is 8.67. The Balaban J connectivity index is 3.02. The summed E-state index contributed by atoms with van der Waals surface area (Å²) in [6, 6.07) is 0. The van der Waals surface area contributed by atoms with Gasteiger partial charge in [0.2, 0.25) is 0 Å². The average Bonchev–Trinajstić information content (AvgIpc) is 2.43. The molecule has 0 amide bonds. The Morgan fingerprint density at radius 2 is 1.00 bits per heavy atom. The third-order valence-corrected chi connectivity index (χ3v) is 3.67. The smallest absolute Gasteiger partial charge is 0.0351 e. The van der Waals surface area contributed by atoms with Gasteiger partial charge in [0, 0.05) is 0 Å². The van der Waals surface area contributed by atoms with Crippen molar-refractivity contribution in [1.29, 1.82) is 0 Å². The van der Waals surface area contributed by atoms with Crippen molar-refractivity contribution in [2.45, 2.75) is 96.8 Å². The molecule has 0 aromatic heterocycles. The molecule has 0 atom stereocenters. The second kappa shape index (κ2) is 17.5. The SMILES string of the molecule is C=CCCCCCCCC/C=C\CCCCCCC. The lowest BCUT2D eigenvalue weighted by atomic mass is 10.1. The van der Waals surface area contributed by atoms with Crippen LogP contribution >= 0.6 is 0 Å². The third-order valence-electron chi connectivity index (χ3n) is 3.67. The highest BCUT2D eigenvalue weighted by molar-refractivity contribution is 4.81. The van der Waals surface area contributed by atoms with Crippen LogP contribution in [0.5, 0.6) is 0 Å². The quantitative estimate of drug-likeness (QED) is 0.216. The molecule has 0 saturated heterocycles. The predicted octanol–water partition coefficient (Wildman–Crippen LogP) is 7.21. The van der Waals surface area contributed by atoms with Gasteiger partial charge in [-0.3, -0.25) is 0 Å². The Labute approximate surface area is 122 Å². The predicted molar refractivity (Wildman–Crippen MR) is 89.6 cm³/mol. The van der Waals surface area contributed by atoms with Crippen LogP contribution in [0.4, 0.5) is 0 Å². The molecule has 0 bridgehead atoms. The maximum atomic E-state index is 3.76. The van der Waals surface area contributed by atoms with E-state index in [-0.39, 0.29) is 0 Å². The lowest BCUT2D eigenvalue weighted by molar-refractivity contribution is 0.599. The molecule has 19 heavy (non-hydrogen) atoms. The second-order valence-corrected chi connectivity index (χ2v) is 5.66. The molecule has 0 radical (unpaired) electrons. The minimum Gasteiger partial charge on any atom is -0.103 e. The largest absolute Gasteiger partial charge is 0.103 e. The van der Waals surface area contributed by atoms with Crippen LogP contribution in [-0.4, -0.2) is 0 Å². The molecule has 112 valence electrons. The standard InChI is InChI=1S/C19H36/c1-3-5-7-9-11-13-15-17-19-18-16-14-12-10-8-6-4-2/h3,16,18H,1,4-15,17,19H2,2H3/b18-16-. The topological polar surface area (TPSA) is 0 Å². The molecule has 0 rings (SSSR count). The van der Waals surface area contributed by atoms with E-state index in [9.17, 15) is 0 Å². The van der Waals surface area contributed by atoms with Gasteiger partial charge < -0.3 is 0 Å². The number of hydrogen-bond donors (Lipinski definition) is 0. The van der Waals surface area contributed by atoms with Crippen molar-refractivity contribution in [2.75, 3.05) is 0 Å². The van der Waals surface area contributed by atoms with E-state index in [0.29, 0.717) is 0 Å². The zero-order chi connectivity index (χ0) is 14.0. The van der Waals surface area contributed by atoms with Crippen LogP contribution in [0.2, 0.25) is 0 Å². The average molecular weight is 264 g/mol. The highest BCUT2D eigenvalue weighted by Crippen LogP contribution is 2.10. The van der Waals surface area contributed by atoms with E-state index in [2.05, 4.69) is 25.7 Å². The summed E-state index contributed by atoms with van der Waals surface area (Å²) in [6.07, 6.45) is 26.0. The normalized spacial score (nSPS) is 11.2. The van der Waals surface area contributed by atoms with Gasteiger partial charge in [-0.2, -0.15) is 0 Å². The molecule has 0 aromatic carbocycles. The van der Waals surface area contributed by atoms with Crippen LogP contribution in [0, 0.1) is 0 Å². The summed E-state index contributed by atoms with van der Waals surface area (Å²) in [5, 5.41) is 0. The Morgan fingerprint density at radius 3 is 1.47 bits per heavy atom. The van der Waals surface area contributed by atoms with Gasteiger partial charge in [-0.05, 0) is 38.5 Å². The molecule has 0 nitrogen and oxygen atoms in total. The molecule has 0 aliphatic heterocycles. The first-order valence-electron chi connectivity index (χ1n) is 8.67. The molecule has 0 N–H and O–H groups in total. The van der Waals surface area contributed by atoms with Gasteiger partial charge in [-0.25, -0.2) is 0 Å². The van der Waals surface area contributed by atoms with Gasteiger partial charge in [0.15, 0.2) is 0 Å². The van der Waals surface area contributed by atoms with Crippen LogP contribution < -0.4 is 0 Å². The first-order chi connectivity index (χ1) is 9.41. The molecule has 0 unspecified atom stereocenters. The summed E-state index contributed by atoms with van der Waals surface area (Å²) in [6.45, 7) is 6.03. The fourth-order valence-corrected chi connectivity index (χ4v) is 2.36. The monoisotopic (exact) mass is 264 g/mol. The molecule has 0 aliphatic carbocycles. The Hall–Kier alpha value is -0.520. The number of hydrogen-bond acceptors (Lipinski definition) is 0. The van der Waals surface area contributed by atoms with E-state index in [4.69, 9.17) is 0 Å². The maximum Gasteiger partial charge on any atom is -0.0351 e. The minimum atomic E-state index is 1.20. The maximum absolute atomic E-state index is 3.76. The zero-order valence-corrected chi connectivity index (χ0v) is 13.3. The first kappa shape index (κ1) is 18.5. The van der Waals surface area contributed by atoms with Crippen molar-refractivity contribution < 1.29 is 0 Å². The van der Waals surface area contributed by atoms with Crippen LogP contribution in [0.25, 0.3) is 0 Å². The summed E-state index contributed by atoms with van der Waals surface area (Å²) in [7, 11) is 0. The minimum absolute atomic E-state index is 1.20. The van der Waals surface area contributed by atoms with E-state index in [1.807, 2.05) is 6.08 Å². The molecule has 0 spiro atoms. The van der Waals surface area contributed by atoms with Gasteiger partial charge in [-0.1, -0.05) is 76.5 Å². The van der Waals surface area contributed by atoms with Crippen LogP contribution in [0.15, 0.2) is 24.8 Å². The van der Waals surface area contributed by atoms with Crippen LogP contribution in [-0.2, 0) is 0 Å². The molecular weight excluding hydrogens is 228 g/mol. The lowest BCUT2D eigenvalue weighted by Crippen LogP contribution is -1.79. The van der Waals surface area contributed by atoms with E-state index < -0.39 is 0 Å².